The molecule has 1 atom stereocenters. The minimum atomic E-state index is 0. The molecule has 1 radical (unpaired) electrons. The maximum absolute atomic E-state index is 2.40. The summed E-state index contributed by atoms with van der Waals surface area (Å²) in [7, 11) is 0. The summed E-state index contributed by atoms with van der Waals surface area (Å²) in [5, 5.41) is 0. The van der Waals surface area contributed by atoms with Gasteiger partial charge in [-0.05, 0) is 5.92 Å². The van der Waals surface area contributed by atoms with Crippen LogP contribution in [0.25, 0.3) is 0 Å². The van der Waals surface area contributed by atoms with Crippen LogP contribution in [0.15, 0.2) is 0 Å². The van der Waals surface area contributed by atoms with Gasteiger partial charge in [-0.3, -0.25) is 0 Å². The van der Waals surface area contributed by atoms with Gasteiger partial charge in [0.25, 0.3) is 0 Å². The van der Waals surface area contributed by atoms with Crippen LogP contribution in [0.1, 0.15) is 72.1 Å². The zero-order valence-electron chi connectivity index (χ0n) is 9.57. The van der Waals surface area contributed by atoms with Gasteiger partial charge in [0.15, 0.2) is 0 Å². The molecule has 0 fully saturated rings. The van der Waals surface area contributed by atoms with E-state index in [0.717, 1.165) is 5.92 Å². The normalized spacial score (nSPS) is 12.2. The molecule has 0 saturated heterocycles. The predicted octanol–water partition coefficient (Wildman–Crippen LogP) is 4.78. The van der Waals surface area contributed by atoms with Crippen LogP contribution in [-0.2, 0) is 19.5 Å². The van der Waals surface area contributed by atoms with E-state index in [2.05, 4.69) is 20.8 Å². The molecule has 0 bridgehead atoms. The first kappa shape index (κ1) is 16.1. The average Bonchev–Trinajstić information content (AvgIpc) is 2.09. The third kappa shape index (κ3) is 12.6. The number of unbranched alkanes of at least 4 members (excludes halogenated alkanes) is 4. The summed E-state index contributed by atoms with van der Waals surface area (Å²) >= 11 is 0. The van der Waals surface area contributed by atoms with Crippen molar-refractivity contribution in [2.75, 3.05) is 0 Å². The molecule has 0 amide bonds. The molecular formula is C12H26Rh. The Labute approximate surface area is 97.6 Å². The average molecular weight is 273 g/mol. The van der Waals surface area contributed by atoms with Gasteiger partial charge in [0.2, 0.25) is 0 Å². The van der Waals surface area contributed by atoms with Crippen molar-refractivity contribution in [2.45, 2.75) is 72.1 Å². The Morgan fingerprint density at radius 2 is 1.31 bits per heavy atom. The van der Waals surface area contributed by atoms with Crippen LogP contribution in [-0.4, -0.2) is 0 Å². The zero-order valence-corrected chi connectivity index (χ0v) is 11.2. The van der Waals surface area contributed by atoms with Crippen LogP contribution in [0.3, 0.4) is 0 Å². The van der Waals surface area contributed by atoms with Gasteiger partial charge in [-0.1, -0.05) is 72.1 Å². The van der Waals surface area contributed by atoms with Crippen LogP contribution < -0.4 is 0 Å². The molecule has 13 heavy (non-hydrogen) atoms. The summed E-state index contributed by atoms with van der Waals surface area (Å²) in [5.41, 5.74) is 0. The Morgan fingerprint density at radius 1 is 0.769 bits per heavy atom. The van der Waals surface area contributed by atoms with Crippen molar-refractivity contribution in [1.29, 1.82) is 0 Å². The number of hydrogen-bond acceptors (Lipinski definition) is 0. The minimum absolute atomic E-state index is 0. The van der Waals surface area contributed by atoms with Crippen LogP contribution in [0.2, 0.25) is 0 Å². The molecule has 0 rings (SSSR count). The van der Waals surface area contributed by atoms with E-state index in [1.807, 2.05) is 0 Å². The third-order valence-corrected chi connectivity index (χ3v) is 2.60. The van der Waals surface area contributed by atoms with Crippen molar-refractivity contribution < 1.29 is 19.5 Å². The Balaban J connectivity index is 0. The molecule has 0 spiro atoms. The van der Waals surface area contributed by atoms with Crippen molar-refractivity contribution >= 4 is 0 Å². The van der Waals surface area contributed by atoms with E-state index in [0.29, 0.717) is 0 Å². The molecule has 0 N–H and O–H groups in total. The van der Waals surface area contributed by atoms with Gasteiger partial charge < -0.3 is 0 Å². The maximum Gasteiger partial charge on any atom is 0 e. The van der Waals surface area contributed by atoms with Gasteiger partial charge in [-0.25, -0.2) is 0 Å². The zero-order chi connectivity index (χ0) is 9.23. The summed E-state index contributed by atoms with van der Waals surface area (Å²) < 4.78 is 0. The van der Waals surface area contributed by atoms with E-state index >= 15 is 0 Å². The monoisotopic (exact) mass is 273 g/mol. The van der Waals surface area contributed by atoms with Gasteiger partial charge >= 0.3 is 0 Å². The number of rotatable bonds is 8. The van der Waals surface area contributed by atoms with E-state index in [4.69, 9.17) is 0 Å². The van der Waals surface area contributed by atoms with Crippen molar-refractivity contribution in [1.82, 2.24) is 0 Å². The van der Waals surface area contributed by atoms with Gasteiger partial charge in [0.05, 0.1) is 0 Å². The minimum Gasteiger partial charge on any atom is -0.0654 e. The first-order chi connectivity index (χ1) is 5.81. The first-order valence-corrected chi connectivity index (χ1v) is 5.81. The first-order valence-electron chi connectivity index (χ1n) is 5.81. The summed E-state index contributed by atoms with van der Waals surface area (Å²) in [5.74, 6) is 0.974. The maximum atomic E-state index is 2.40. The van der Waals surface area contributed by atoms with Gasteiger partial charge in [0.1, 0.15) is 0 Å². The second kappa shape index (κ2) is 12.6. The standard InChI is InChI=1S/C12H26.Rh/c1-4-6-8-9-11-12(3)10-7-5-2;/h12H,4-11H2,1-3H3;. The fourth-order valence-electron chi connectivity index (χ4n) is 1.62. The van der Waals surface area contributed by atoms with Crippen LogP contribution in [0.5, 0.6) is 0 Å². The topological polar surface area (TPSA) is 0 Å². The molecule has 0 aromatic rings. The quantitative estimate of drug-likeness (QED) is 0.441. The Kier molecular flexibility index (Phi) is 15.6. The number of hydrogen-bond donors (Lipinski definition) is 0. The van der Waals surface area contributed by atoms with E-state index in [1.165, 1.54) is 51.4 Å². The molecule has 0 aromatic heterocycles. The van der Waals surface area contributed by atoms with Gasteiger partial charge in [-0.2, -0.15) is 0 Å². The smallest absolute Gasteiger partial charge is 0 e. The summed E-state index contributed by atoms with van der Waals surface area (Å²) in [6, 6.07) is 0. The van der Waals surface area contributed by atoms with Crippen LogP contribution in [0.4, 0.5) is 0 Å². The SMILES string of the molecule is CCCCCCC(C)CCCC.[Rh]. The van der Waals surface area contributed by atoms with E-state index in [-0.39, 0.29) is 19.5 Å². The van der Waals surface area contributed by atoms with Crippen LogP contribution >= 0.6 is 0 Å². The Hall–Kier alpha value is 0.623. The van der Waals surface area contributed by atoms with Crippen molar-refractivity contribution in [2.24, 2.45) is 5.92 Å². The van der Waals surface area contributed by atoms with Crippen molar-refractivity contribution in [3.05, 3.63) is 0 Å². The molecule has 1 heteroatoms. The molecular weight excluding hydrogens is 247 g/mol. The second-order valence-corrected chi connectivity index (χ2v) is 4.10. The van der Waals surface area contributed by atoms with Crippen molar-refractivity contribution in [3.8, 4) is 0 Å². The predicted molar refractivity (Wildman–Crippen MR) is 57.4 cm³/mol. The Bertz CT molecular complexity index is 81.2. The summed E-state index contributed by atoms with van der Waals surface area (Å²) in [6.07, 6.45) is 11.4. The van der Waals surface area contributed by atoms with E-state index < -0.39 is 0 Å². The summed E-state index contributed by atoms with van der Waals surface area (Å²) in [4.78, 5) is 0. The molecule has 0 aliphatic heterocycles. The van der Waals surface area contributed by atoms with Gasteiger partial charge in [-0.15, -0.1) is 0 Å². The molecule has 0 aliphatic carbocycles. The van der Waals surface area contributed by atoms with Crippen molar-refractivity contribution in [3.63, 3.8) is 0 Å². The molecule has 0 saturated carbocycles. The van der Waals surface area contributed by atoms with Gasteiger partial charge in [0, 0.05) is 19.5 Å². The third-order valence-electron chi connectivity index (χ3n) is 2.60. The summed E-state index contributed by atoms with van der Waals surface area (Å²) in [6.45, 7) is 6.96. The largest absolute Gasteiger partial charge is 0.0654 e. The van der Waals surface area contributed by atoms with E-state index in [9.17, 15) is 0 Å². The fourth-order valence-corrected chi connectivity index (χ4v) is 1.62. The molecule has 0 aromatic carbocycles. The second-order valence-electron chi connectivity index (χ2n) is 4.10. The molecule has 83 valence electrons. The van der Waals surface area contributed by atoms with E-state index in [1.54, 1.807) is 0 Å². The Morgan fingerprint density at radius 3 is 1.85 bits per heavy atom. The molecule has 0 aliphatic rings. The molecule has 0 heterocycles. The van der Waals surface area contributed by atoms with Crippen LogP contribution in [0, 0.1) is 5.92 Å². The molecule has 0 nitrogen and oxygen atoms in total. The fraction of sp³-hybridized carbons (Fsp3) is 1.00. The molecule has 1 unspecified atom stereocenters.